The Balaban J connectivity index is 1.44. The Hall–Kier alpha value is -3.02. The second-order valence-electron chi connectivity index (χ2n) is 9.93. The number of hydrogen-bond donors (Lipinski definition) is 1. The topological polar surface area (TPSA) is 98.6 Å². The number of ketones is 1. The van der Waals surface area contributed by atoms with E-state index in [4.69, 9.17) is 31.2 Å². The molecular weight excluding hydrogens is 630 g/mol. The van der Waals surface area contributed by atoms with Gasteiger partial charge in [-0.3, -0.25) is 9.59 Å². The highest BCUT2D eigenvalue weighted by atomic mass is 79.9. The molecule has 216 valence electrons. The standard InChI is InChI=1S/C29H31BrClN5O4S/c1-17-25(18(2)37)26(36-28(32-17)33-29(34-36)41-16-19-9-5-6-10-22(19)31)20-13-21(30)27(23(14-20)39-3)40-15-24(38)35-11-7-4-8-12-35/h5-6,9-10,13-14,26H,4,7-8,11-12,15-16H2,1-3H3,(H,32,33,34). The van der Waals surface area contributed by atoms with Gasteiger partial charge in [0.1, 0.15) is 6.04 Å². The molecule has 1 fully saturated rings. The number of aromatic nitrogens is 3. The molecule has 3 heterocycles. The minimum atomic E-state index is -0.555. The normalized spacial score (nSPS) is 16.7. The van der Waals surface area contributed by atoms with E-state index in [0.717, 1.165) is 43.5 Å². The molecule has 5 rings (SSSR count). The smallest absolute Gasteiger partial charge is 0.260 e. The van der Waals surface area contributed by atoms with E-state index in [2.05, 4.69) is 21.2 Å². The lowest BCUT2D eigenvalue weighted by atomic mass is 9.93. The Morgan fingerprint density at radius 1 is 1.20 bits per heavy atom. The van der Waals surface area contributed by atoms with Crippen LogP contribution < -0.4 is 14.8 Å². The summed E-state index contributed by atoms with van der Waals surface area (Å²) in [5.41, 5.74) is 3.00. The molecular formula is C29H31BrClN5O4S. The van der Waals surface area contributed by atoms with E-state index in [1.165, 1.54) is 11.8 Å². The molecule has 1 saturated heterocycles. The lowest BCUT2D eigenvalue weighted by Crippen LogP contribution is -2.38. The number of anilines is 1. The number of rotatable bonds is 9. The molecule has 0 spiro atoms. The summed E-state index contributed by atoms with van der Waals surface area (Å²) in [6, 6.07) is 10.8. The molecule has 1 amide bonds. The van der Waals surface area contributed by atoms with Crippen LogP contribution in [0.3, 0.4) is 0 Å². The van der Waals surface area contributed by atoms with Crippen LogP contribution in [0.25, 0.3) is 0 Å². The first-order valence-electron chi connectivity index (χ1n) is 13.4. The first-order chi connectivity index (χ1) is 19.8. The predicted octanol–water partition coefficient (Wildman–Crippen LogP) is 6.26. The van der Waals surface area contributed by atoms with Crippen LogP contribution in [-0.4, -0.2) is 58.2 Å². The number of carbonyl (C=O) groups is 2. The van der Waals surface area contributed by atoms with Crippen molar-refractivity contribution in [2.45, 2.75) is 50.1 Å². The summed E-state index contributed by atoms with van der Waals surface area (Å²) in [6.45, 7) is 4.83. The van der Waals surface area contributed by atoms with E-state index in [0.29, 0.717) is 49.1 Å². The van der Waals surface area contributed by atoms with Crippen LogP contribution >= 0.6 is 39.3 Å². The highest BCUT2D eigenvalue weighted by Gasteiger charge is 2.34. The van der Waals surface area contributed by atoms with Gasteiger partial charge in [-0.25, -0.2) is 4.68 Å². The lowest BCUT2D eigenvalue weighted by molar-refractivity contribution is -0.134. The molecule has 12 heteroatoms. The van der Waals surface area contributed by atoms with E-state index in [1.807, 2.05) is 48.2 Å². The Morgan fingerprint density at radius 2 is 1.95 bits per heavy atom. The Labute approximate surface area is 256 Å². The van der Waals surface area contributed by atoms with Crippen LogP contribution in [-0.2, 0) is 15.3 Å². The summed E-state index contributed by atoms with van der Waals surface area (Å²) in [5, 5.41) is 9.26. The average molecular weight is 661 g/mol. The number of nitrogens with zero attached hydrogens (tertiary/aromatic N) is 4. The minimum Gasteiger partial charge on any atom is -0.493 e. The van der Waals surface area contributed by atoms with E-state index in [-0.39, 0.29) is 18.3 Å². The fourth-order valence-electron chi connectivity index (χ4n) is 5.12. The minimum absolute atomic E-state index is 0.0485. The van der Waals surface area contributed by atoms with Crippen molar-refractivity contribution in [3.63, 3.8) is 0 Å². The number of halogens is 2. The van der Waals surface area contributed by atoms with Crippen molar-refractivity contribution in [1.82, 2.24) is 19.7 Å². The number of piperidine rings is 1. The van der Waals surface area contributed by atoms with E-state index in [9.17, 15) is 9.59 Å². The zero-order valence-electron chi connectivity index (χ0n) is 23.1. The Bertz CT molecular complexity index is 1500. The lowest BCUT2D eigenvalue weighted by Gasteiger charge is -2.29. The summed E-state index contributed by atoms with van der Waals surface area (Å²) in [5.74, 6) is 1.86. The number of hydrogen-bond acceptors (Lipinski definition) is 8. The zero-order chi connectivity index (χ0) is 29.1. The number of amides is 1. The average Bonchev–Trinajstić information content (AvgIpc) is 3.37. The predicted molar refractivity (Wildman–Crippen MR) is 163 cm³/mol. The number of nitrogens with one attached hydrogen (secondary N) is 1. The van der Waals surface area contributed by atoms with E-state index in [1.54, 1.807) is 18.7 Å². The maximum atomic E-state index is 12.9. The van der Waals surface area contributed by atoms with E-state index >= 15 is 0 Å². The monoisotopic (exact) mass is 659 g/mol. The third-order valence-corrected chi connectivity index (χ3v) is 8.99. The van der Waals surface area contributed by atoms with Crippen LogP contribution in [0.5, 0.6) is 11.5 Å². The molecule has 9 nitrogen and oxygen atoms in total. The maximum absolute atomic E-state index is 12.9. The van der Waals surface area contributed by atoms with Gasteiger partial charge in [-0.2, -0.15) is 4.98 Å². The number of fused-ring (bicyclic) bond motifs is 1. The molecule has 0 aliphatic carbocycles. The van der Waals surface area contributed by atoms with Gasteiger partial charge in [0.05, 0.1) is 11.6 Å². The molecule has 0 radical (unpaired) electrons. The van der Waals surface area contributed by atoms with Crippen molar-refractivity contribution in [2.24, 2.45) is 0 Å². The van der Waals surface area contributed by atoms with Gasteiger partial charge in [0.15, 0.2) is 23.9 Å². The van der Waals surface area contributed by atoms with Crippen molar-refractivity contribution in [3.8, 4) is 11.5 Å². The summed E-state index contributed by atoms with van der Waals surface area (Å²) >= 11 is 11.4. The second kappa shape index (κ2) is 12.9. The first-order valence-corrected chi connectivity index (χ1v) is 15.5. The van der Waals surface area contributed by atoms with Gasteiger partial charge in [0.2, 0.25) is 11.1 Å². The first kappa shape index (κ1) is 29.5. The fraction of sp³-hybridized carbons (Fsp3) is 0.379. The molecule has 1 aromatic heterocycles. The molecule has 2 aromatic carbocycles. The number of benzene rings is 2. The van der Waals surface area contributed by atoms with Crippen molar-refractivity contribution in [1.29, 1.82) is 0 Å². The van der Waals surface area contributed by atoms with Crippen LogP contribution in [0.15, 0.2) is 57.3 Å². The van der Waals surface area contributed by atoms with Crippen molar-refractivity contribution < 1.29 is 19.1 Å². The Kier molecular flexibility index (Phi) is 9.25. The van der Waals surface area contributed by atoms with Gasteiger partial charge in [-0.05, 0) is 78.4 Å². The molecule has 41 heavy (non-hydrogen) atoms. The molecule has 3 aromatic rings. The molecule has 0 bridgehead atoms. The van der Waals surface area contributed by atoms with E-state index < -0.39 is 6.04 Å². The van der Waals surface area contributed by atoms with Gasteiger partial charge in [0.25, 0.3) is 5.91 Å². The largest absolute Gasteiger partial charge is 0.493 e. The number of methoxy groups -OCH3 is 1. The van der Waals surface area contributed by atoms with Gasteiger partial charge in [0, 0.05) is 35.1 Å². The fourth-order valence-corrected chi connectivity index (χ4v) is 6.81. The molecule has 1 unspecified atom stereocenters. The van der Waals surface area contributed by atoms with Gasteiger partial charge in [-0.1, -0.05) is 41.6 Å². The summed E-state index contributed by atoms with van der Waals surface area (Å²) < 4.78 is 14.0. The van der Waals surface area contributed by atoms with Crippen molar-refractivity contribution >= 4 is 56.9 Å². The van der Waals surface area contributed by atoms with Crippen LogP contribution in [0.2, 0.25) is 5.02 Å². The molecule has 2 aliphatic rings. The van der Waals surface area contributed by atoms with Crippen LogP contribution in [0.4, 0.5) is 5.95 Å². The number of likely N-dealkylation sites (tertiary alicyclic amines) is 1. The third-order valence-electron chi connectivity index (χ3n) is 7.14. The van der Waals surface area contributed by atoms with Crippen molar-refractivity contribution in [2.75, 3.05) is 32.1 Å². The summed E-state index contributed by atoms with van der Waals surface area (Å²) in [4.78, 5) is 32.2. The molecule has 2 aliphatic heterocycles. The number of allylic oxidation sites excluding steroid dienone is 2. The number of Topliss-reactive ketones (excluding diaryl/α,β-unsaturated/α-hetero) is 1. The van der Waals surface area contributed by atoms with Gasteiger partial charge < -0.3 is 19.7 Å². The zero-order valence-corrected chi connectivity index (χ0v) is 26.2. The quantitative estimate of drug-likeness (QED) is 0.269. The SMILES string of the molecule is COc1cc(C2C(C(C)=O)=C(C)Nc3nc(SCc4ccccc4Cl)nn32)cc(Br)c1OCC(=O)N1CCCCC1. The van der Waals surface area contributed by atoms with Gasteiger partial charge in [-0.15, -0.1) is 5.10 Å². The number of ether oxygens (including phenoxy) is 2. The molecule has 0 saturated carbocycles. The summed E-state index contributed by atoms with van der Waals surface area (Å²) in [6.07, 6.45) is 3.17. The highest BCUT2D eigenvalue weighted by molar-refractivity contribution is 9.10. The highest BCUT2D eigenvalue weighted by Crippen LogP contribution is 2.43. The molecule has 1 N–H and O–H groups in total. The molecule has 1 atom stereocenters. The second-order valence-corrected chi connectivity index (χ2v) is 12.1. The number of carbonyl (C=O) groups excluding carboxylic acids is 2. The van der Waals surface area contributed by atoms with Gasteiger partial charge >= 0.3 is 0 Å². The maximum Gasteiger partial charge on any atom is 0.260 e. The number of thioether (sulfide) groups is 1. The van der Waals surface area contributed by atoms with Crippen molar-refractivity contribution in [3.05, 3.63) is 68.3 Å². The van der Waals surface area contributed by atoms with Crippen LogP contribution in [0, 0.1) is 0 Å². The van der Waals surface area contributed by atoms with Crippen LogP contribution in [0.1, 0.15) is 50.3 Å². The Morgan fingerprint density at radius 3 is 2.66 bits per heavy atom. The third kappa shape index (κ3) is 6.42. The summed E-state index contributed by atoms with van der Waals surface area (Å²) in [7, 11) is 1.55.